The summed E-state index contributed by atoms with van der Waals surface area (Å²) in [5, 5.41) is 13.9. The zero-order valence-corrected chi connectivity index (χ0v) is 12.8. The lowest BCUT2D eigenvalue weighted by Gasteiger charge is -2.33. The number of carbonyl (C=O) groups excluding carboxylic acids is 1. The zero-order valence-electron chi connectivity index (χ0n) is 12.8. The molecule has 1 aromatic carbocycles. The van der Waals surface area contributed by atoms with Crippen molar-refractivity contribution in [1.82, 2.24) is 5.32 Å². The van der Waals surface area contributed by atoms with Crippen molar-refractivity contribution in [1.29, 1.82) is 0 Å². The first-order chi connectivity index (χ1) is 10.3. The Morgan fingerprint density at radius 2 is 2.09 bits per heavy atom. The van der Waals surface area contributed by atoms with E-state index in [4.69, 9.17) is 10.5 Å². The molecule has 1 aliphatic rings. The van der Waals surface area contributed by atoms with Crippen molar-refractivity contribution in [3.63, 3.8) is 0 Å². The number of rotatable bonds is 4. The quantitative estimate of drug-likeness (QED) is 0.648. The molecule has 1 fully saturated rings. The number of amides is 1. The van der Waals surface area contributed by atoms with Crippen LogP contribution in [0.1, 0.15) is 36.9 Å². The number of benzene rings is 1. The summed E-state index contributed by atoms with van der Waals surface area (Å²) in [4.78, 5) is 22.9. The minimum Gasteiger partial charge on any atom is -0.381 e. The summed E-state index contributed by atoms with van der Waals surface area (Å²) < 4.78 is 5.22. The van der Waals surface area contributed by atoms with Gasteiger partial charge in [-0.3, -0.25) is 14.9 Å². The van der Waals surface area contributed by atoms with Gasteiger partial charge in [0.25, 0.3) is 5.69 Å². The topological polar surface area (TPSA) is 107 Å². The number of nitrogens with zero attached hydrogens (tertiary/aromatic N) is 1. The highest BCUT2D eigenvalue weighted by molar-refractivity contribution is 5.86. The smallest absolute Gasteiger partial charge is 0.272 e. The van der Waals surface area contributed by atoms with Crippen molar-refractivity contribution in [2.24, 2.45) is 5.73 Å². The van der Waals surface area contributed by atoms with E-state index in [2.05, 4.69) is 5.32 Å². The van der Waals surface area contributed by atoms with Gasteiger partial charge in [0.05, 0.1) is 16.5 Å². The van der Waals surface area contributed by atoms with E-state index in [0.717, 1.165) is 0 Å². The van der Waals surface area contributed by atoms with Gasteiger partial charge < -0.3 is 15.8 Å². The Morgan fingerprint density at radius 1 is 1.45 bits per heavy atom. The first-order valence-electron chi connectivity index (χ1n) is 7.26. The first kappa shape index (κ1) is 16.4. The van der Waals surface area contributed by atoms with Gasteiger partial charge in [-0.2, -0.15) is 0 Å². The molecule has 120 valence electrons. The summed E-state index contributed by atoms with van der Waals surface area (Å²) in [6.45, 7) is 4.40. The Bertz CT molecular complexity index is 582. The van der Waals surface area contributed by atoms with Gasteiger partial charge in [0.1, 0.15) is 0 Å². The van der Waals surface area contributed by atoms with Crippen LogP contribution in [0, 0.1) is 17.0 Å². The number of hydrogen-bond acceptors (Lipinski definition) is 5. The maximum atomic E-state index is 12.4. The third-order valence-corrected chi connectivity index (χ3v) is 4.11. The molecule has 1 aromatic rings. The van der Waals surface area contributed by atoms with Gasteiger partial charge in [-0.15, -0.1) is 0 Å². The Labute approximate surface area is 129 Å². The fourth-order valence-electron chi connectivity index (χ4n) is 2.48. The number of nitro benzene ring substituents is 1. The van der Waals surface area contributed by atoms with E-state index in [9.17, 15) is 14.9 Å². The van der Waals surface area contributed by atoms with Gasteiger partial charge in [0, 0.05) is 24.8 Å². The van der Waals surface area contributed by atoms with Crippen molar-refractivity contribution in [2.75, 3.05) is 13.2 Å². The molecule has 0 bridgehead atoms. The molecule has 1 heterocycles. The number of hydrogen-bond donors (Lipinski definition) is 2. The Hall–Kier alpha value is -1.99. The summed E-state index contributed by atoms with van der Waals surface area (Å²) in [5.41, 5.74) is 6.52. The molecule has 0 spiro atoms. The van der Waals surface area contributed by atoms with Crippen LogP contribution in [0.4, 0.5) is 5.69 Å². The van der Waals surface area contributed by atoms with Gasteiger partial charge in [0.15, 0.2) is 0 Å². The average Bonchev–Trinajstić information content (AvgIpc) is 2.48. The third kappa shape index (κ3) is 3.42. The van der Waals surface area contributed by atoms with E-state index in [1.54, 1.807) is 26.0 Å². The molecule has 1 unspecified atom stereocenters. The second kappa shape index (κ2) is 6.41. The fourth-order valence-corrected chi connectivity index (χ4v) is 2.48. The predicted molar refractivity (Wildman–Crippen MR) is 81.4 cm³/mol. The van der Waals surface area contributed by atoms with Crippen LogP contribution in [0.25, 0.3) is 0 Å². The zero-order chi connectivity index (χ0) is 16.3. The van der Waals surface area contributed by atoms with Crippen LogP contribution in [0.15, 0.2) is 18.2 Å². The molecular formula is C15H21N3O4. The molecule has 0 saturated carbocycles. The van der Waals surface area contributed by atoms with Crippen LogP contribution in [-0.2, 0) is 9.53 Å². The third-order valence-electron chi connectivity index (χ3n) is 4.11. The van der Waals surface area contributed by atoms with Crippen LogP contribution < -0.4 is 11.1 Å². The summed E-state index contributed by atoms with van der Waals surface area (Å²) in [6.07, 6.45) is 0.944. The molecule has 2 rings (SSSR count). The molecular weight excluding hydrogens is 286 g/mol. The standard InChI is InChI=1S/C15H21N3O4/c1-10-3-4-12(9-13(10)18(20)21)11(2)17-14(19)15(16)5-7-22-8-6-15/h3-4,9,11H,5-8,16H2,1-2H3,(H,17,19). The van der Waals surface area contributed by atoms with Crippen molar-refractivity contribution < 1.29 is 14.5 Å². The number of aryl methyl sites for hydroxylation is 1. The molecule has 0 radical (unpaired) electrons. The molecule has 7 nitrogen and oxygen atoms in total. The average molecular weight is 307 g/mol. The lowest BCUT2D eigenvalue weighted by molar-refractivity contribution is -0.385. The van der Waals surface area contributed by atoms with Gasteiger partial charge in [-0.25, -0.2) is 0 Å². The van der Waals surface area contributed by atoms with Crippen molar-refractivity contribution in [3.8, 4) is 0 Å². The summed E-state index contributed by atoms with van der Waals surface area (Å²) in [7, 11) is 0. The second-order valence-corrected chi connectivity index (χ2v) is 5.77. The van der Waals surface area contributed by atoms with Crippen molar-refractivity contribution in [2.45, 2.75) is 38.3 Å². The lowest BCUT2D eigenvalue weighted by atomic mass is 9.90. The van der Waals surface area contributed by atoms with Crippen LogP contribution in [0.3, 0.4) is 0 Å². The molecule has 1 amide bonds. The maximum absolute atomic E-state index is 12.4. The number of carbonyl (C=O) groups is 1. The van der Waals surface area contributed by atoms with Crippen LogP contribution >= 0.6 is 0 Å². The first-order valence-corrected chi connectivity index (χ1v) is 7.26. The highest BCUT2D eigenvalue weighted by Crippen LogP contribution is 2.24. The van der Waals surface area contributed by atoms with E-state index in [-0.39, 0.29) is 17.6 Å². The Kier molecular flexibility index (Phi) is 4.77. The van der Waals surface area contributed by atoms with Gasteiger partial charge >= 0.3 is 0 Å². The monoisotopic (exact) mass is 307 g/mol. The van der Waals surface area contributed by atoms with Crippen molar-refractivity contribution in [3.05, 3.63) is 39.4 Å². The Balaban J connectivity index is 2.11. The highest BCUT2D eigenvalue weighted by atomic mass is 16.6. The molecule has 1 aliphatic heterocycles. The van der Waals surface area contributed by atoms with E-state index in [1.165, 1.54) is 6.07 Å². The molecule has 0 aliphatic carbocycles. The fraction of sp³-hybridized carbons (Fsp3) is 0.533. The Morgan fingerprint density at radius 3 is 2.68 bits per heavy atom. The largest absolute Gasteiger partial charge is 0.381 e. The maximum Gasteiger partial charge on any atom is 0.272 e. The van der Waals surface area contributed by atoms with E-state index in [0.29, 0.717) is 37.2 Å². The van der Waals surface area contributed by atoms with Crippen LogP contribution in [0.2, 0.25) is 0 Å². The number of ether oxygens (including phenoxy) is 1. The van der Waals surface area contributed by atoms with E-state index >= 15 is 0 Å². The molecule has 22 heavy (non-hydrogen) atoms. The van der Waals surface area contributed by atoms with E-state index in [1.807, 2.05) is 0 Å². The lowest BCUT2D eigenvalue weighted by Crippen LogP contribution is -2.57. The van der Waals surface area contributed by atoms with Gasteiger partial charge in [0.2, 0.25) is 5.91 Å². The number of nitrogens with two attached hydrogens (primary N) is 1. The normalized spacial score (nSPS) is 18.5. The minimum absolute atomic E-state index is 0.0483. The SMILES string of the molecule is Cc1ccc(C(C)NC(=O)C2(N)CCOCC2)cc1[N+](=O)[O-]. The summed E-state index contributed by atoms with van der Waals surface area (Å²) in [6, 6.07) is 4.60. The summed E-state index contributed by atoms with van der Waals surface area (Å²) >= 11 is 0. The molecule has 7 heteroatoms. The second-order valence-electron chi connectivity index (χ2n) is 5.77. The molecule has 0 aromatic heterocycles. The predicted octanol–water partition coefficient (Wildman–Crippen LogP) is 1.59. The van der Waals surface area contributed by atoms with Gasteiger partial charge in [-0.05, 0) is 32.3 Å². The van der Waals surface area contributed by atoms with Crippen molar-refractivity contribution >= 4 is 11.6 Å². The van der Waals surface area contributed by atoms with Gasteiger partial charge in [-0.1, -0.05) is 12.1 Å². The molecule has 3 N–H and O–H groups in total. The molecule has 1 saturated heterocycles. The highest BCUT2D eigenvalue weighted by Gasteiger charge is 2.36. The van der Waals surface area contributed by atoms with Crippen LogP contribution in [-0.4, -0.2) is 29.6 Å². The number of nitrogens with one attached hydrogen (secondary N) is 1. The number of nitro groups is 1. The minimum atomic E-state index is -0.927. The molecule has 1 atom stereocenters. The van der Waals surface area contributed by atoms with Crippen LogP contribution in [0.5, 0.6) is 0 Å². The van der Waals surface area contributed by atoms with E-state index < -0.39 is 10.5 Å². The summed E-state index contributed by atoms with van der Waals surface area (Å²) in [5.74, 6) is -0.244.